The number of esters is 1. The van der Waals surface area contributed by atoms with E-state index in [0.29, 0.717) is 5.69 Å². The van der Waals surface area contributed by atoms with Crippen LogP contribution in [0, 0.1) is 70.0 Å². The third-order valence-electron chi connectivity index (χ3n) is 6.74. The van der Waals surface area contributed by atoms with E-state index in [9.17, 15) is 36.5 Å². The molecule has 0 saturated carbocycles. The minimum atomic E-state index is -4.38. The molecule has 0 bridgehead atoms. The number of nitrogens with one attached hydrogen (secondary N) is 4. The Labute approximate surface area is 312 Å². The number of terminal acetylenes is 1. The zero-order valence-electron chi connectivity index (χ0n) is 27.5. The maximum Gasteiger partial charge on any atom is 0.362 e. The van der Waals surface area contributed by atoms with E-state index in [0.717, 1.165) is 4.68 Å². The molecule has 0 aliphatic carbocycles. The molecule has 19 heteroatoms. The van der Waals surface area contributed by atoms with E-state index in [1.165, 1.54) is 91.0 Å². The predicted octanol–water partition coefficient (Wildman–Crippen LogP) is 3.29. The van der Waals surface area contributed by atoms with E-state index in [4.69, 9.17) is 11.2 Å². The summed E-state index contributed by atoms with van der Waals surface area (Å²) < 4.78 is 63.0. The van der Waals surface area contributed by atoms with Gasteiger partial charge >= 0.3 is 12.0 Å². The highest BCUT2D eigenvalue weighted by atomic mass is 32.2. The van der Waals surface area contributed by atoms with E-state index in [1.54, 1.807) is 0 Å². The number of sulfonamides is 2. The minimum Gasteiger partial charge on any atom is -0.367 e. The monoisotopic (exact) mass is 772 g/mol. The maximum absolute atomic E-state index is 13.2. The summed E-state index contributed by atoms with van der Waals surface area (Å²) in [6, 6.07) is 18.7. The first-order valence-electron chi connectivity index (χ1n) is 15.0. The smallest absolute Gasteiger partial charge is 0.362 e. The van der Waals surface area contributed by atoms with Gasteiger partial charge in [-0.05, 0) is 90.4 Å². The van der Waals surface area contributed by atoms with Crippen molar-refractivity contribution in [3.05, 3.63) is 107 Å². The van der Waals surface area contributed by atoms with Gasteiger partial charge in [-0.1, -0.05) is 17.3 Å². The Bertz CT molecular complexity index is 2880. The number of carbonyl (C=O) groups is 2. The molecule has 1 amide bonds. The highest BCUT2D eigenvalue weighted by molar-refractivity contribution is 7.93. The van der Waals surface area contributed by atoms with Crippen molar-refractivity contribution in [2.24, 2.45) is 0 Å². The Morgan fingerprint density at radius 3 is 2.04 bits per heavy atom. The van der Waals surface area contributed by atoms with Crippen LogP contribution < -0.4 is 20.3 Å². The third kappa shape index (κ3) is 9.74. The van der Waals surface area contributed by atoms with Crippen molar-refractivity contribution in [1.82, 2.24) is 20.4 Å². The molecule has 0 spiro atoms. The molecule has 270 valence electrons. The van der Waals surface area contributed by atoms with Gasteiger partial charge in [0.15, 0.2) is 0 Å². The number of nitrogens with zero attached hydrogens (tertiary/aromatic N) is 4. The molecule has 4 aromatic carbocycles. The van der Waals surface area contributed by atoms with Gasteiger partial charge in [-0.15, -0.1) is 11.5 Å². The molecule has 1 heterocycles. The highest BCUT2D eigenvalue weighted by Gasteiger charge is 2.24. The third-order valence-corrected chi connectivity index (χ3v) is 9.58. The number of ether oxygens (including phenoxy) is 1. The number of rotatable bonds is 10. The zero-order chi connectivity index (χ0) is 39.4. The van der Waals surface area contributed by atoms with Crippen LogP contribution in [0.25, 0.3) is 11.0 Å². The van der Waals surface area contributed by atoms with Gasteiger partial charge in [0.2, 0.25) is 0 Å². The normalized spacial score (nSPS) is 10.2. The number of hydrogen-bond acceptors (Lipinski definition) is 12. The molecule has 55 heavy (non-hydrogen) atoms. The van der Waals surface area contributed by atoms with Gasteiger partial charge in [-0.2, -0.15) is 4.68 Å². The highest BCUT2D eigenvalue weighted by Crippen LogP contribution is 2.24. The molecule has 0 aliphatic rings. The van der Waals surface area contributed by atoms with E-state index >= 15 is 0 Å². The molecule has 0 aliphatic heterocycles. The van der Waals surface area contributed by atoms with E-state index in [2.05, 4.69) is 84.1 Å². The first-order chi connectivity index (χ1) is 26.4. The van der Waals surface area contributed by atoms with Crippen LogP contribution in [0.4, 0.5) is 27.5 Å². The van der Waals surface area contributed by atoms with Crippen LogP contribution in [0.5, 0.6) is 0 Å². The number of hydrazine groups is 1. The molecular formula is C36H20N8O9S2. The summed E-state index contributed by atoms with van der Waals surface area (Å²) in [5.74, 6) is 17.2. The lowest BCUT2D eigenvalue weighted by molar-refractivity contribution is -0.384. The fraction of sp³-hybridized carbons (Fsp3) is 0. The zero-order valence-corrected chi connectivity index (χ0v) is 29.2. The summed E-state index contributed by atoms with van der Waals surface area (Å²) in [6.45, 7) is 0. The van der Waals surface area contributed by atoms with Gasteiger partial charge in [-0.25, -0.2) is 31.9 Å². The van der Waals surface area contributed by atoms with Gasteiger partial charge in [0.25, 0.3) is 25.7 Å². The van der Waals surface area contributed by atoms with Gasteiger partial charge in [0.1, 0.15) is 22.0 Å². The van der Waals surface area contributed by atoms with Gasteiger partial charge in [0, 0.05) is 47.2 Å². The number of benzene rings is 4. The average molecular weight is 773 g/mol. The van der Waals surface area contributed by atoms with Crippen LogP contribution >= 0.6 is 0 Å². The van der Waals surface area contributed by atoms with Crippen LogP contribution in [-0.2, 0) is 24.8 Å². The lowest BCUT2D eigenvalue weighted by Crippen LogP contribution is -2.34. The van der Waals surface area contributed by atoms with Crippen molar-refractivity contribution in [2.45, 2.75) is 9.79 Å². The van der Waals surface area contributed by atoms with Crippen molar-refractivity contribution in [3.8, 4) is 59.9 Å². The number of nitro groups is 1. The molecule has 0 saturated heterocycles. The molecular weight excluding hydrogens is 753 g/mol. The SMILES string of the molecule is C#CC#CC#CC#CC#COC(=O)c1ccccc1S(=O)(=O)Nc1ccc(S(=O)(=O)Nc2ccc(NNC(=O)n3nnc4cc([N+](=O)[O-])ccc43)cc2)cc1. The summed E-state index contributed by atoms with van der Waals surface area (Å²) in [4.78, 5) is 35.0. The van der Waals surface area contributed by atoms with Crippen LogP contribution in [0.3, 0.4) is 0 Å². The molecule has 0 fully saturated rings. The molecule has 4 N–H and O–H groups in total. The van der Waals surface area contributed by atoms with Gasteiger partial charge < -0.3 is 4.74 Å². The Balaban J connectivity index is 1.18. The van der Waals surface area contributed by atoms with E-state index in [1.807, 2.05) is 0 Å². The quantitative estimate of drug-likeness (QED) is 0.0693. The van der Waals surface area contributed by atoms with Crippen LogP contribution in [-0.4, -0.2) is 48.8 Å². The molecule has 17 nitrogen and oxygen atoms in total. The first-order valence-corrected chi connectivity index (χ1v) is 17.9. The van der Waals surface area contributed by atoms with Crippen LogP contribution in [0.15, 0.2) is 101 Å². The summed E-state index contributed by atoms with van der Waals surface area (Å²) in [7, 11) is -8.52. The van der Waals surface area contributed by atoms with Crippen molar-refractivity contribution in [3.63, 3.8) is 0 Å². The minimum absolute atomic E-state index is 0.0112. The number of nitro benzene ring substituents is 1. The lowest BCUT2D eigenvalue weighted by Gasteiger charge is -2.12. The summed E-state index contributed by atoms with van der Waals surface area (Å²) in [5, 5.41) is 18.4. The van der Waals surface area contributed by atoms with Crippen molar-refractivity contribution in [2.75, 3.05) is 14.9 Å². The fourth-order valence-electron chi connectivity index (χ4n) is 4.32. The van der Waals surface area contributed by atoms with E-state index < -0.39 is 41.9 Å². The molecule has 0 atom stereocenters. The number of hydrogen-bond donors (Lipinski definition) is 4. The summed E-state index contributed by atoms with van der Waals surface area (Å²) in [5.41, 5.74) is 5.36. The van der Waals surface area contributed by atoms with Gasteiger partial charge in [0.05, 0.1) is 21.1 Å². The number of non-ortho nitro benzene ring substituents is 1. The average Bonchev–Trinajstić information content (AvgIpc) is 3.60. The number of fused-ring (bicyclic) bond motifs is 1. The second kappa shape index (κ2) is 16.8. The van der Waals surface area contributed by atoms with Crippen molar-refractivity contribution < 1.29 is 36.1 Å². The Morgan fingerprint density at radius 2 is 1.36 bits per heavy atom. The largest absolute Gasteiger partial charge is 0.367 e. The maximum atomic E-state index is 13.2. The summed E-state index contributed by atoms with van der Waals surface area (Å²) in [6.07, 6.45) is 7.01. The van der Waals surface area contributed by atoms with E-state index in [-0.39, 0.29) is 38.6 Å². The second-order valence-electron chi connectivity index (χ2n) is 10.3. The van der Waals surface area contributed by atoms with Gasteiger partial charge in [-0.3, -0.25) is 25.0 Å². The van der Waals surface area contributed by atoms with Crippen LogP contribution in [0.1, 0.15) is 10.4 Å². The number of amides is 1. The van der Waals surface area contributed by atoms with Crippen LogP contribution in [0.2, 0.25) is 0 Å². The Hall–Kier alpha value is -8.28. The molecule has 0 radical (unpaired) electrons. The fourth-order valence-corrected chi connectivity index (χ4v) is 6.63. The second-order valence-corrected chi connectivity index (χ2v) is 13.6. The molecule has 5 rings (SSSR count). The standard InChI is InChI=1S/C36H20N8O9S2/c1-2-3-4-5-6-7-8-11-24-53-35(45)31-12-9-10-13-34(31)55(51,52)41-28-18-21-30(22-19-28)54(49,50)40-27-16-14-26(15-17-27)37-39-36(46)43-33-23-20-29(44(47)48)25-32(33)38-42-43/h1,9-10,12-23,25,37,40-41H,(H,39,46). The lowest BCUT2D eigenvalue weighted by atomic mass is 10.2. The number of carbonyl (C=O) groups excluding carboxylic acids is 2. The number of aromatic nitrogens is 3. The molecule has 5 aromatic rings. The molecule has 0 unspecified atom stereocenters. The Morgan fingerprint density at radius 1 is 0.764 bits per heavy atom. The number of anilines is 3. The Kier molecular flexibility index (Phi) is 11.6. The predicted molar refractivity (Wildman–Crippen MR) is 198 cm³/mol. The van der Waals surface area contributed by atoms with Crippen molar-refractivity contribution >= 4 is 65.8 Å². The van der Waals surface area contributed by atoms with Crippen molar-refractivity contribution in [1.29, 1.82) is 0 Å². The first kappa shape index (κ1) is 38.0. The molecule has 1 aromatic heterocycles. The topological polar surface area (TPSA) is 234 Å². The summed E-state index contributed by atoms with van der Waals surface area (Å²) >= 11 is 0.